The van der Waals surface area contributed by atoms with Crippen LogP contribution in [-0.2, 0) is 6.42 Å². The van der Waals surface area contributed by atoms with Gasteiger partial charge < -0.3 is 10.1 Å². The fraction of sp³-hybridized carbons (Fsp3) is 0.0833. The lowest BCUT2D eigenvalue weighted by Gasteiger charge is -2.08. The van der Waals surface area contributed by atoms with E-state index in [-0.39, 0.29) is 0 Å². The molecule has 0 bridgehead atoms. The summed E-state index contributed by atoms with van der Waals surface area (Å²) in [6.07, 6.45) is 5.37. The van der Waals surface area contributed by atoms with E-state index < -0.39 is 0 Å². The molecule has 0 fully saturated rings. The predicted molar refractivity (Wildman–Crippen MR) is 143 cm³/mol. The third-order valence-corrected chi connectivity index (χ3v) is 6.68. The average Bonchev–Trinajstić information content (AvgIpc) is 3.61. The number of nitriles is 1. The second kappa shape index (κ2) is 11.6. The number of rotatable bonds is 6. The van der Waals surface area contributed by atoms with E-state index in [4.69, 9.17) is 21.6 Å². The van der Waals surface area contributed by atoms with Gasteiger partial charge in [0.25, 0.3) is 0 Å². The van der Waals surface area contributed by atoms with Crippen molar-refractivity contribution in [3.05, 3.63) is 82.6 Å². The third kappa shape index (κ3) is 6.10. The summed E-state index contributed by atoms with van der Waals surface area (Å²) < 4.78 is 5.69. The molecule has 0 aliphatic heterocycles. The Morgan fingerprint density at radius 2 is 1.59 bits per heavy atom. The fourth-order valence-electron chi connectivity index (χ4n) is 3.19. The molecule has 1 aromatic carbocycles. The van der Waals surface area contributed by atoms with Gasteiger partial charge in [0.1, 0.15) is 39.1 Å². The van der Waals surface area contributed by atoms with E-state index in [1.54, 1.807) is 35.7 Å². The molecular formula is C24H16ClN9OS2. The number of benzene rings is 1. The number of halogens is 1. The summed E-state index contributed by atoms with van der Waals surface area (Å²) >= 11 is 8.64. The zero-order valence-corrected chi connectivity index (χ0v) is 21.3. The van der Waals surface area contributed by atoms with E-state index in [9.17, 15) is 0 Å². The average molecular weight is 546 g/mol. The van der Waals surface area contributed by atoms with Crippen LogP contribution >= 0.6 is 34.3 Å². The highest BCUT2D eigenvalue weighted by atomic mass is 35.5. The lowest BCUT2D eigenvalue weighted by molar-refractivity contribution is 0.462. The van der Waals surface area contributed by atoms with Crippen LogP contribution < -0.4 is 10.1 Å². The standard InChI is InChI=1S/C19H14N6OS.C5H2ClN3S/c20-10-14-6-7-21-16(9-14)26-15-3-1-13(2-4-15)5-8-22-18-17-19(24-11-23-18)27-12-25-17;6-4-3-5(8-1-7-4)10-2-9-3/h1-4,6-7,9,11-12H,5,8H2,(H,22,23,24);1-2H. The Kier molecular flexibility index (Phi) is 7.66. The Morgan fingerprint density at radius 3 is 2.35 bits per heavy atom. The third-order valence-electron chi connectivity index (χ3n) is 4.94. The number of aromatic nitrogens is 7. The van der Waals surface area contributed by atoms with Gasteiger partial charge in [-0.05, 0) is 30.2 Å². The van der Waals surface area contributed by atoms with Gasteiger partial charge >= 0.3 is 0 Å². The predicted octanol–water partition coefficient (Wildman–Crippen LogP) is 5.54. The largest absolute Gasteiger partial charge is 0.439 e. The number of thiazole rings is 2. The molecule has 6 rings (SSSR count). The second-order valence-electron chi connectivity index (χ2n) is 7.32. The Balaban J connectivity index is 0.000000233. The molecule has 6 aromatic rings. The monoisotopic (exact) mass is 545 g/mol. The first-order valence-electron chi connectivity index (χ1n) is 10.8. The van der Waals surface area contributed by atoms with Crippen LogP contribution in [0.5, 0.6) is 11.6 Å². The van der Waals surface area contributed by atoms with Gasteiger partial charge in [-0.2, -0.15) is 5.26 Å². The molecule has 0 saturated heterocycles. The lowest BCUT2D eigenvalue weighted by Crippen LogP contribution is -2.07. The molecule has 5 aromatic heterocycles. The Morgan fingerprint density at radius 1 is 0.865 bits per heavy atom. The van der Waals surface area contributed by atoms with Crippen molar-refractivity contribution in [3.8, 4) is 17.7 Å². The van der Waals surface area contributed by atoms with E-state index in [0.717, 1.165) is 39.5 Å². The summed E-state index contributed by atoms with van der Waals surface area (Å²) in [5.41, 5.74) is 6.64. The highest BCUT2D eigenvalue weighted by molar-refractivity contribution is 7.16. The molecule has 0 saturated carbocycles. The molecule has 37 heavy (non-hydrogen) atoms. The van der Waals surface area contributed by atoms with E-state index in [0.29, 0.717) is 27.9 Å². The smallest absolute Gasteiger partial charge is 0.220 e. The molecule has 0 spiro atoms. The first kappa shape index (κ1) is 24.4. The van der Waals surface area contributed by atoms with Crippen molar-refractivity contribution in [2.45, 2.75) is 6.42 Å². The number of hydrogen-bond donors (Lipinski definition) is 1. The Hall–Kier alpha value is -4.31. The van der Waals surface area contributed by atoms with Crippen LogP contribution in [-0.4, -0.2) is 41.4 Å². The van der Waals surface area contributed by atoms with Crippen molar-refractivity contribution < 1.29 is 4.74 Å². The minimum atomic E-state index is 0.402. The molecule has 10 nitrogen and oxygen atoms in total. The van der Waals surface area contributed by atoms with Gasteiger partial charge in [0.15, 0.2) is 11.0 Å². The molecule has 13 heteroatoms. The van der Waals surface area contributed by atoms with Crippen LogP contribution in [0.2, 0.25) is 5.15 Å². The summed E-state index contributed by atoms with van der Waals surface area (Å²) in [7, 11) is 0. The molecule has 0 atom stereocenters. The zero-order chi connectivity index (χ0) is 25.5. The van der Waals surface area contributed by atoms with Crippen molar-refractivity contribution >= 4 is 60.8 Å². The number of pyridine rings is 1. The van der Waals surface area contributed by atoms with E-state index in [1.165, 1.54) is 29.0 Å². The normalized spacial score (nSPS) is 10.5. The van der Waals surface area contributed by atoms with Crippen LogP contribution in [0.25, 0.3) is 20.7 Å². The highest BCUT2D eigenvalue weighted by Crippen LogP contribution is 2.22. The van der Waals surface area contributed by atoms with Crippen molar-refractivity contribution in [1.82, 2.24) is 34.9 Å². The summed E-state index contributed by atoms with van der Waals surface area (Å²) in [6.45, 7) is 0.732. The number of anilines is 1. The van der Waals surface area contributed by atoms with Crippen molar-refractivity contribution in [1.29, 1.82) is 5.26 Å². The molecule has 5 heterocycles. The summed E-state index contributed by atoms with van der Waals surface area (Å²) in [5.74, 6) is 1.83. The van der Waals surface area contributed by atoms with Crippen LogP contribution in [0, 0.1) is 11.3 Å². The van der Waals surface area contributed by atoms with Crippen LogP contribution in [0.4, 0.5) is 5.82 Å². The van der Waals surface area contributed by atoms with E-state index >= 15 is 0 Å². The molecule has 1 N–H and O–H groups in total. The van der Waals surface area contributed by atoms with Crippen molar-refractivity contribution in [2.75, 3.05) is 11.9 Å². The SMILES string of the molecule is Clc1ncnc2scnc12.N#Cc1ccnc(Oc2ccc(CCNc3ncnc4scnc34)cc2)c1. The zero-order valence-electron chi connectivity index (χ0n) is 18.9. The number of fused-ring (bicyclic) bond motifs is 2. The maximum atomic E-state index is 8.92. The second-order valence-corrected chi connectivity index (χ2v) is 9.34. The highest BCUT2D eigenvalue weighted by Gasteiger charge is 2.06. The van der Waals surface area contributed by atoms with Crippen LogP contribution in [0.15, 0.2) is 66.3 Å². The van der Waals surface area contributed by atoms with Gasteiger partial charge in [0.2, 0.25) is 5.88 Å². The Bertz CT molecular complexity index is 1680. The van der Waals surface area contributed by atoms with Gasteiger partial charge in [-0.3, -0.25) is 0 Å². The molecule has 0 amide bonds. The van der Waals surface area contributed by atoms with E-state index in [1.807, 2.05) is 24.3 Å². The number of nitrogens with one attached hydrogen (secondary N) is 1. The topological polar surface area (TPSA) is 135 Å². The number of hydrogen-bond acceptors (Lipinski definition) is 12. The first-order valence-corrected chi connectivity index (χ1v) is 12.9. The van der Waals surface area contributed by atoms with Crippen LogP contribution in [0.3, 0.4) is 0 Å². The minimum absolute atomic E-state index is 0.402. The van der Waals surface area contributed by atoms with Gasteiger partial charge in [-0.25, -0.2) is 34.9 Å². The number of ether oxygens (including phenoxy) is 1. The summed E-state index contributed by atoms with van der Waals surface area (Å²) in [4.78, 5) is 30.3. The number of nitrogens with zero attached hydrogens (tertiary/aromatic N) is 8. The van der Waals surface area contributed by atoms with Gasteiger partial charge in [0.05, 0.1) is 22.7 Å². The lowest BCUT2D eigenvalue weighted by atomic mass is 10.1. The molecular weight excluding hydrogens is 530 g/mol. The first-order chi connectivity index (χ1) is 18.2. The summed E-state index contributed by atoms with van der Waals surface area (Å²) in [6, 6.07) is 13.1. The molecule has 0 unspecified atom stereocenters. The molecule has 0 aliphatic rings. The van der Waals surface area contributed by atoms with Gasteiger partial charge in [-0.1, -0.05) is 23.7 Å². The maximum absolute atomic E-state index is 8.92. The quantitative estimate of drug-likeness (QED) is 0.266. The van der Waals surface area contributed by atoms with E-state index in [2.05, 4.69) is 46.3 Å². The fourth-order valence-corrected chi connectivity index (χ4v) is 4.69. The maximum Gasteiger partial charge on any atom is 0.220 e. The van der Waals surface area contributed by atoms with Crippen molar-refractivity contribution in [3.63, 3.8) is 0 Å². The van der Waals surface area contributed by atoms with Crippen molar-refractivity contribution in [2.24, 2.45) is 0 Å². The van der Waals surface area contributed by atoms with Gasteiger partial charge in [0, 0.05) is 18.8 Å². The molecule has 0 aliphatic carbocycles. The molecule has 182 valence electrons. The Labute approximate surface area is 223 Å². The van der Waals surface area contributed by atoms with Gasteiger partial charge in [-0.15, -0.1) is 22.7 Å². The minimum Gasteiger partial charge on any atom is -0.439 e. The molecule has 0 radical (unpaired) electrons. The summed E-state index contributed by atoms with van der Waals surface area (Å²) in [5, 5.41) is 12.7. The van der Waals surface area contributed by atoms with Crippen LogP contribution in [0.1, 0.15) is 11.1 Å².